The highest BCUT2D eigenvalue weighted by Crippen LogP contribution is 2.36. The lowest BCUT2D eigenvalue weighted by Crippen LogP contribution is -2.62. The number of hydrogen-bond acceptors (Lipinski definition) is 5. The average Bonchev–Trinajstić information content (AvgIpc) is 3.08. The van der Waals surface area contributed by atoms with Crippen LogP contribution in [0.3, 0.4) is 0 Å². The Morgan fingerprint density at radius 1 is 1.07 bits per heavy atom. The standard InChI is InChI=1S/C23H27N5S/c1-22(2)13-17(14-23(3,4)27-22)28(6)21-10-8-18(25-26-21)20-12-15-11-16(24-5)7-9-19(15)29-20/h7-12,17,27H,13-14H2,1-4,6H3. The van der Waals surface area contributed by atoms with Crippen LogP contribution in [0.25, 0.3) is 25.5 Å². The first-order valence-electron chi connectivity index (χ1n) is 9.93. The largest absolute Gasteiger partial charge is 0.355 e. The van der Waals surface area contributed by atoms with E-state index in [4.69, 9.17) is 6.57 Å². The van der Waals surface area contributed by atoms with Gasteiger partial charge < -0.3 is 10.2 Å². The Labute approximate surface area is 176 Å². The molecule has 3 aromatic rings. The molecule has 2 aromatic heterocycles. The van der Waals surface area contributed by atoms with Crippen LogP contribution in [-0.4, -0.2) is 34.4 Å². The third-order valence-electron chi connectivity index (χ3n) is 5.61. The van der Waals surface area contributed by atoms with Gasteiger partial charge in [0.15, 0.2) is 11.5 Å². The first kappa shape index (κ1) is 19.8. The van der Waals surface area contributed by atoms with Crippen molar-refractivity contribution in [1.29, 1.82) is 0 Å². The molecule has 0 aliphatic carbocycles. The Balaban J connectivity index is 1.57. The summed E-state index contributed by atoms with van der Waals surface area (Å²) in [6.45, 7) is 16.3. The van der Waals surface area contributed by atoms with Crippen LogP contribution in [0.4, 0.5) is 11.5 Å². The molecule has 1 aliphatic rings. The molecule has 0 bridgehead atoms. The molecule has 0 atom stereocenters. The maximum Gasteiger partial charge on any atom is 0.187 e. The summed E-state index contributed by atoms with van der Waals surface area (Å²) >= 11 is 1.68. The number of piperidine rings is 1. The second kappa shape index (κ2) is 7.08. The molecule has 6 heteroatoms. The van der Waals surface area contributed by atoms with Gasteiger partial charge in [0.2, 0.25) is 0 Å². The smallest absolute Gasteiger partial charge is 0.187 e. The molecule has 1 aliphatic heterocycles. The van der Waals surface area contributed by atoms with Gasteiger partial charge in [-0.25, -0.2) is 4.85 Å². The third-order valence-corrected chi connectivity index (χ3v) is 6.75. The van der Waals surface area contributed by atoms with Crippen LogP contribution in [0.2, 0.25) is 0 Å². The van der Waals surface area contributed by atoms with Crippen LogP contribution in [0.15, 0.2) is 36.4 Å². The minimum Gasteiger partial charge on any atom is -0.355 e. The van der Waals surface area contributed by atoms with Crippen molar-refractivity contribution in [3.05, 3.63) is 47.8 Å². The van der Waals surface area contributed by atoms with Gasteiger partial charge in [0.25, 0.3) is 0 Å². The van der Waals surface area contributed by atoms with E-state index in [2.05, 4.69) is 78.2 Å². The number of nitrogens with zero attached hydrogens (tertiary/aromatic N) is 4. The van der Waals surface area contributed by atoms with Gasteiger partial charge >= 0.3 is 0 Å². The number of thiophene rings is 1. The summed E-state index contributed by atoms with van der Waals surface area (Å²) < 4.78 is 1.16. The number of aromatic nitrogens is 2. The van der Waals surface area contributed by atoms with E-state index < -0.39 is 0 Å². The molecule has 1 saturated heterocycles. The zero-order valence-corrected chi connectivity index (χ0v) is 18.5. The number of fused-ring (bicyclic) bond motifs is 1. The summed E-state index contributed by atoms with van der Waals surface area (Å²) in [5.74, 6) is 0.906. The highest BCUT2D eigenvalue weighted by Gasteiger charge is 2.39. The lowest BCUT2D eigenvalue weighted by atomic mass is 9.79. The first-order valence-corrected chi connectivity index (χ1v) is 10.7. The van der Waals surface area contributed by atoms with Crippen molar-refractivity contribution in [2.45, 2.75) is 57.7 Å². The van der Waals surface area contributed by atoms with Crippen molar-refractivity contribution in [1.82, 2.24) is 15.5 Å². The van der Waals surface area contributed by atoms with E-state index in [1.807, 2.05) is 18.2 Å². The van der Waals surface area contributed by atoms with Crippen LogP contribution in [0.5, 0.6) is 0 Å². The summed E-state index contributed by atoms with van der Waals surface area (Å²) in [5, 5.41) is 13.9. The molecular formula is C23H27N5S. The fourth-order valence-electron chi connectivity index (χ4n) is 4.60. The molecule has 0 unspecified atom stereocenters. The van der Waals surface area contributed by atoms with E-state index in [0.29, 0.717) is 11.7 Å². The third kappa shape index (κ3) is 4.12. The second-order valence-electron chi connectivity index (χ2n) is 9.29. The van der Waals surface area contributed by atoms with E-state index in [1.165, 1.54) is 0 Å². The lowest BCUT2D eigenvalue weighted by molar-refractivity contribution is 0.160. The lowest BCUT2D eigenvalue weighted by Gasteiger charge is -2.49. The van der Waals surface area contributed by atoms with Crippen LogP contribution in [-0.2, 0) is 0 Å². The maximum atomic E-state index is 7.18. The monoisotopic (exact) mass is 405 g/mol. The predicted molar refractivity (Wildman–Crippen MR) is 122 cm³/mol. The number of nitrogens with one attached hydrogen (secondary N) is 1. The maximum absolute atomic E-state index is 7.18. The molecule has 4 rings (SSSR count). The van der Waals surface area contributed by atoms with Crippen molar-refractivity contribution in [3.8, 4) is 10.6 Å². The number of hydrogen-bond donors (Lipinski definition) is 1. The summed E-state index contributed by atoms with van der Waals surface area (Å²) in [6.07, 6.45) is 2.13. The topological polar surface area (TPSA) is 45.4 Å². The molecule has 0 saturated carbocycles. The van der Waals surface area contributed by atoms with Crippen LogP contribution >= 0.6 is 11.3 Å². The molecular weight excluding hydrogens is 378 g/mol. The van der Waals surface area contributed by atoms with Gasteiger partial charge in [-0.15, -0.1) is 21.5 Å². The van der Waals surface area contributed by atoms with E-state index >= 15 is 0 Å². The van der Waals surface area contributed by atoms with Crippen LogP contribution < -0.4 is 10.2 Å². The van der Waals surface area contributed by atoms with E-state index in [9.17, 15) is 0 Å². The van der Waals surface area contributed by atoms with Gasteiger partial charge in [0.1, 0.15) is 5.69 Å². The highest BCUT2D eigenvalue weighted by atomic mass is 32.1. The predicted octanol–water partition coefficient (Wildman–Crippen LogP) is 5.65. The Morgan fingerprint density at radius 2 is 1.79 bits per heavy atom. The zero-order chi connectivity index (χ0) is 20.8. The van der Waals surface area contributed by atoms with Crippen LogP contribution in [0.1, 0.15) is 40.5 Å². The highest BCUT2D eigenvalue weighted by molar-refractivity contribution is 7.22. The van der Waals surface area contributed by atoms with Gasteiger partial charge in [0, 0.05) is 28.9 Å². The average molecular weight is 406 g/mol. The number of rotatable bonds is 3. The molecule has 0 amide bonds. The van der Waals surface area contributed by atoms with Crippen molar-refractivity contribution in [2.24, 2.45) is 0 Å². The molecule has 0 spiro atoms. The molecule has 1 fully saturated rings. The number of anilines is 1. The van der Waals surface area contributed by atoms with E-state index in [0.717, 1.165) is 39.3 Å². The fraction of sp³-hybridized carbons (Fsp3) is 0.435. The normalized spacial score (nSPS) is 18.5. The summed E-state index contributed by atoms with van der Waals surface area (Å²) in [4.78, 5) is 6.86. The van der Waals surface area contributed by atoms with Gasteiger partial charge in [-0.1, -0.05) is 12.1 Å². The summed E-state index contributed by atoms with van der Waals surface area (Å²) in [5.41, 5.74) is 1.72. The molecule has 3 heterocycles. The van der Waals surface area contributed by atoms with Crippen molar-refractivity contribution in [3.63, 3.8) is 0 Å². The molecule has 150 valence electrons. The molecule has 1 aromatic carbocycles. The van der Waals surface area contributed by atoms with Gasteiger partial charge in [-0.3, -0.25) is 0 Å². The molecule has 1 N–H and O–H groups in total. The quantitative estimate of drug-likeness (QED) is 0.572. The van der Waals surface area contributed by atoms with E-state index in [1.54, 1.807) is 11.3 Å². The minimum absolute atomic E-state index is 0.0926. The summed E-state index contributed by atoms with van der Waals surface area (Å²) in [7, 11) is 2.12. The van der Waals surface area contributed by atoms with Crippen molar-refractivity contribution < 1.29 is 0 Å². The van der Waals surface area contributed by atoms with Gasteiger partial charge in [0.05, 0.1) is 11.4 Å². The fourth-order valence-corrected chi connectivity index (χ4v) is 5.61. The van der Waals surface area contributed by atoms with Gasteiger partial charge in [-0.05, 0) is 70.2 Å². The molecule has 5 nitrogen and oxygen atoms in total. The van der Waals surface area contributed by atoms with Gasteiger partial charge in [-0.2, -0.15) is 0 Å². The van der Waals surface area contributed by atoms with Crippen LogP contribution in [0, 0.1) is 6.57 Å². The zero-order valence-electron chi connectivity index (χ0n) is 17.7. The first-order chi connectivity index (χ1) is 13.7. The molecule has 0 radical (unpaired) electrons. The van der Waals surface area contributed by atoms with Crippen molar-refractivity contribution >= 4 is 32.9 Å². The summed E-state index contributed by atoms with van der Waals surface area (Å²) in [6, 6.07) is 12.4. The number of benzene rings is 1. The Bertz CT molecular complexity index is 1060. The molecule has 29 heavy (non-hydrogen) atoms. The Kier molecular flexibility index (Phi) is 4.84. The Morgan fingerprint density at radius 3 is 2.41 bits per heavy atom. The Hall–Kier alpha value is -2.49. The SMILES string of the molecule is [C-]#[N+]c1ccc2sc(-c3ccc(N(C)C4CC(C)(C)NC(C)(C)C4)nn3)cc2c1. The minimum atomic E-state index is 0.0926. The van der Waals surface area contributed by atoms with Crippen molar-refractivity contribution in [2.75, 3.05) is 11.9 Å². The second-order valence-corrected chi connectivity index (χ2v) is 10.4. The van der Waals surface area contributed by atoms with E-state index in [-0.39, 0.29) is 11.1 Å².